The van der Waals surface area contributed by atoms with E-state index in [0.29, 0.717) is 5.57 Å². The topological polar surface area (TPSA) is 55.1 Å². The first-order chi connectivity index (χ1) is 4.57. The lowest BCUT2D eigenvalue weighted by Gasteiger charge is -1.99. The lowest BCUT2D eigenvalue weighted by molar-refractivity contribution is -0.117. The van der Waals surface area contributed by atoms with Crippen molar-refractivity contribution < 1.29 is 4.79 Å². The van der Waals surface area contributed by atoms with Crippen LogP contribution < -0.4 is 11.3 Å². The van der Waals surface area contributed by atoms with E-state index in [1.165, 1.54) is 0 Å². The van der Waals surface area contributed by atoms with Crippen molar-refractivity contribution in [1.29, 1.82) is 0 Å². The smallest absolute Gasteiger partial charge is 0.260 e. The van der Waals surface area contributed by atoms with Gasteiger partial charge in [0.2, 0.25) is 0 Å². The van der Waals surface area contributed by atoms with E-state index in [1.54, 1.807) is 13.0 Å². The zero-order valence-corrected chi connectivity index (χ0v) is 6.56. The highest BCUT2D eigenvalue weighted by Crippen LogP contribution is 2.02. The molecule has 0 unspecified atom stereocenters. The SMILES string of the molecule is C[C](C)C=C(C)C(=O)NN. The largest absolute Gasteiger partial charge is 0.290 e. The second-order valence-corrected chi connectivity index (χ2v) is 2.38. The highest BCUT2D eigenvalue weighted by Gasteiger charge is 2.00. The Morgan fingerprint density at radius 3 is 2.20 bits per heavy atom. The molecule has 0 saturated carbocycles. The van der Waals surface area contributed by atoms with E-state index in [0.717, 1.165) is 5.92 Å². The van der Waals surface area contributed by atoms with Crippen molar-refractivity contribution in [3.63, 3.8) is 0 Å². The molecular weight excluding hydrogens is 128 g/mol. The summed E-state index contributed by atoms with van der Waals surface area (Å²) >= 11 is 0. The monoisotopic (exact) mass is 141 g/mol. The molecule has 0 aliphatic heterocycles. The number of rotatable bonds is 2. The fraction of sp³-hybridized carbons (Fsp3) is 0.429. The first-order valence-corrected chi connectivity index (χ1v) is 3.07. The Balaban J connectivity index is 4.05. The summed E-state index contributed by atoms with van der Waals surface area (Å²) in [6.45, 7) is 5.57. The van der Waals surface area contributed by atoms with Gasteiger partial charge >= 0.3 is 0 Å². The van der Waals surface area contributed by atoms with Crippen molar-refractivity contribution in [3.05, 3.63) is 17.6 Å². The molecule has 0 fully saturated rings. The first kappa shape index (κ1) is 9.17. The zero-order valence-electron chi connectivity index (χ0n) is 6.56. The van der Waals surface area contributed by atoms with Gasteiger partial charge < -0.3 is 0 Å². The third-order valence-corrected chi connectivity index (χ3v) is 0.994. The van der Waals surface area contributed by atoms with Crippen LogP contribution in [0.15, 0.2) is 11.6 Å². The maximum absolute atomic E-state index is 10.7. The molecule has 1 amide bonds. The Bertz CT molecular complexity index is 150. The molecule has 0 heterocycles. The molecule has 10 heavy (non-hydrogen) atoms. The number of carbonyl (C=O) groups is 1. The van der Waals surface area contributed by atoms with Crippen LogP contribution in [0, 0.1) is 5.92 Å². The predicted molar refractivity (Wildman–Crippen MR) is 40.7 cm³/mol. The van der Waals surface area contributed by atoms with Crippen molar-refractivity contribution in [1.82, 2.24) is 5.43 Å². The van der Waals surface area contributed by atoms with Crippen LogP contribution in [0.4, 0.5) is 0 Å². The standard InChI is InChI=1S/C7H13N2O/c1-5(2)4-6(3)7(10)9-8/h4H,8H2,1-3H3,(H,9,10). The average Bonchev–Trinajstić information content (AvgIpc) is 1.85. The highest BCUT2D eigenvalue weighted by molar-refractivity contribution is 5.92. The van der Waals surface area contributed by atoms with Crippen LogP contribution in [0.1, 0.15) is 20.8 Å². The third kappa shape index (κ3) is 3.25. The van der Waals surface area contributed by atoms with E-state index >= 15 is 0 Å². The number of hydrogen-bond acceptors (Lipinski definition) is 2. The Labute approximate surface area is 61.3 Å². The van der Waals surface area contributed by atoms with Crippen molar-refractivity contribution >= 4 is 5.91 Å². The normalized spacial score (nSPS) is 11.9. The molecule has 57 valence electrons. The van der Waals surface area contributed by atoms with Crippen LogP contribution in [0.25, 0.3) is 0 Å². The second kappa shape index (κ2) is 4.06. The lowest BCUT2D eigenvalue weighted by Crippen LogP contribution is -2.30. The molecule has 3 nitrogen and oxygen atoms in total. The van der Waals surface area contributed by atoms with Crippen molar-refractivity contribution in [2.75, 3.05) is 0 Å². The molecule has 3 heteroatoms. The fourth-order valence-electron chi connectivity index (χ4n) is 0.612. The van der Waals surface area contributed by atoms with E-state index in [2.05, 4.69) is 0 Å². The van der Waals surface area contributed by atoms with Gasteiger partial charge in [0.1, 0.15) is 0 Å². The van der Waals surface area contributed by atoms with E-state index in [9.17, 15) is 4.79 Å². The third-order valence-electron chi connectivity index (χ3n) is 0.994. The summed E-state index contributed by atoms with van der Waals surface area (Å²) in [6.07, 6.45) is 1.78. The van der Waals surface area contributed by atoms with Crippen LogP contribution in [0.2, 0.25) is 0 Å². The Kier molecular flexibility index (Phi) is 3.72. The van der Waals surface area contributed by atoms with Crippen LogP contribution >= 0.6 is 0 Å². The molecule has 0 bridgehead atoms. The molecule has 0 saturated heterocycles. The summed E-state index contributed by atoms with van der Waals surface area (Å²) in [4.78, 5) is 10.7. The van der Waals surface area contributed by atoms with Gasteiger partial charge in [0.15, 0.2) is 0 Å². The molecule has 0 aromatic rings. The fourth-order valence-corrected chi connectivity index (χ4v) is 0.612. The van der Waals surface area contributed by atoms with Crippen LogP contribution in [0.3, 0.4) is 0 Å². The molecule has 0 aromatic heterocycles. The molecule has 0 aliphatic rings. The van der Waals surface area contributed by atoms with Crippen molar-refractivity contribution in [2.45, 2.75) is 20.8 Å². The van der Waals surface area contributed by atoms with Crippen LogP contribution in [-0.4, -0.2) is 5.91 Å². The number of carbonyl (C=O) groups excluding carboxylic acids is 1. The zero-order chi connectivity index (χ0) is 8.15. The number of nitrogens with one attached hydrogen (secondary N) is 1. The van der Waals surface area contributed by atoms with E-state index in [1.807, 2.05) is 19.3 Å². The molecule has 3 N–H and O–H groups in total. The van der Waals surface area contributed by atoms with Gasteiger partial charge in [-0.05, 0) is 12.8 Å². The Hall–Kier alpha value is -0.830. The molecule has 0 spiro atoms. The van der Waals surface area contributed by atoms with Gasteiger partial charge in [0.05, 0.1) is 0 Å². The highest BCUT2D eigenvalue weighted by atomic mass is 16.2. The summed E-state index contributed by atoms with van der Waals surface area (Å²) in [7, 11) is 0. The molecule has 1 radical (unpaired) electrons. The number of nitrogens with two attached hydrogens (primary N) is 1. The van der Waals surface area contributed by atoms with Gasteiger partial charge in [-0.1, -0.05) is 19.9 Å². The summed E-state index contributed by atoms with van der Waals surface area (Å²) < 4.78 is 0. The van der Waals surface area contributed by atoms with Gasteiger partial charge in [-0.3, -0.25) is 10.2 Å². The average molecular weight is 141 g/mol. The summed E-state index contributed by atoms with van der Waals surface area (Å²) in [5, 5.41) is 0. The number of allylic oxidation sites excluding steroid dienone is 1. The molecule has 0 atom stereocenters. The predicted octanol–water partition coefficient (Wildman–Crippen LogP) is 0.537. The van der Waals surface area contributed by atoms with Crippen molar-refractivity contribution in [3.8, 4) is 0 Å². The minimum absolute atomic E-state index is 0.235. The molecular formula is C7H13N2O. The molecule has 0 aromatic carbocycles. The summed E-state index contributed by atoms with van der Waals surface area (Å²) in [5.41, 5.74) is 2.68. The van der Waals surface area contributed by atoms with E-state index in [-0.39, 0.29) is 5.91 Å². The maximum atomic E-state index is 10.7. The minimum Gasteiger partial charge on any atom is -0.290 e. The first-order valence-electron chi connectivity index (χ1n) is 3.07. The van der Waals surface area contributed by atoms with Gasteiger partial charge in [-0.2, -0.15) is 0 Å². The van der Waals surface area contributed by atoms with Crippen molar-refractivity contribution in [2.24, 2.45) is 5.84 Å². The van der Waals surface area contributed by atoms with Crippen LogP contribution in [-0.2, 0) is 4.79 Å². The Morgan fingerprint density at radius 2 is 1.90 bits per heavy atom. The lowest BCUT2D eigenvalue weighted by atomic mass is 10.1. The number of amides is 1. The second-order valence-electron chi connectivity index (χ2n) is 2.38. The molecule has 0 rings (SSSR count). The number of hydrogen-bond donors (Lipinski definition) is 2. The van der Waals surface area contributed by atoms with Crippen LogP contribution in [0.5, 0.6) is 0 Å². The quantitative estimate of drug-likeness (QED) is 0.255. The minimum atomic E-state index is -0.235. The van der Waals surface area contributed by atoms with Gasteiger partial charge in [-0.25, -0.2) is 5.84 Å². The molecule has 0 aliphatic carbocycles. The Morgan fingerprint density at radius 1 is 1.40 bits per heavy atom. The van der Waals surface area contributed by atoms with E-state index < -0.39 is 0 Å². The van der Waals surface area contributed by atoms with Gasteiger partial charge in [0.25, 0.3) is 5.91 Å². The maximum Gasteiger partial charge on any atom is 0.260 e. The summed E-state index contributed by atoms with van der Waals surface area (Å²) in [6, 6.07) is 0. The summed E-state index contributed by atoms with van der Waals surface area (Å²) in [5.74, 6) is 5.75. The van der Waals surface area contributed by atoms with Gasteiger partial charge in [-0.15, -0.1) is 0 Å². The van der Waals surface area contributed by atoms with Gasteiger partial charge in [0, 0.05) is 5.57 Å². The number of hydrazine groups is 1. The van der Waals surface area contributed by atoms with E-state index in [4.69, 9.17) is 5.84 Å².